The number of rotatable bonds is 4. The number of esters is 1. The molecule has 2 rings (SSSR count). The second-order valence-electron chi connectivity index (χ2n) is 3.82. The van der Waals surface area contributed by atoms with Gasteiger partial charge in [-0.1, -0.05) is 18.2 Å². The van der Waals surface area contributed by atoms with Crippen LogP contribution in [0.15, 0.2) is 36.4 Å². The molecule has 4 nitrogen and oxygen atoms in total. The molecule has 0 fully saturated rings. The van der Waals surface area contributed by atoms with Crippen molar-refractivity contribution >= 4 is 16.7 Å². The van der Waals surface area contributed by atoms with E-state index in [-0.39, 0.29) is 5.97 Å². The molecule has 2 aromatic carbocycles. The van der Waals surface area contributed by atoms with Gasteiger partial charge in [0, 0.05) is 0 Å². The summed E-state index contributed by atoms with van der Waals surface area (Å²) in [5.74, 6) is -0.338. The Morgan fingerprint density at radius 3 is 2.56 bits per heavy atom. The summed E-state index contributed by atoms with van der Waals surface area (Å²) < 4.78 is 4.70. The SMILES string of the molecule is COOCc1ccc2ccc(C(=O)OC)cc2c1. The molecule has 0 heterocycles. The van der Waals surface area contributed by atoms with Gasteiger partial charge < -0.3 is 4.74 Å². The van der Waals surface area contributed by atoms with Gasteiger partial charge in [0.2, 0.25) is 0 Å². The number of carbonyl (C=O) groups excluding carboxylic acids is 1. The summed E-state index contributed by atoms with van der Waals surface area (Å²) in [6.45, 7) is 0.370. The van der Waals surface area contributed by atoms with Crippen LogP contribution >= 0.6 is 0 Å². The molecule has 0 saturated carbocycles. The summed E-state index contributed by atoms with van der Waals surface area (Å²) in [7, 11) is 2.84. The van der Waals surface area contributed by atoms with Crippen molar-refractivity contribution in [2.75, 3.05) is 14.2 Å². The van der Waals surface area contributed by atoms with Gasteiger partial charge in [-0.25, -0.2) is 14.6 Å². The summed E-state index contributed by atoms with van der Waals surface area (Å²) >= 11 is 0. The van der Waals surface area contributed by atoms with Gasteiger partial charge in [-0.15, -0.1) is 0 Å². The predicted molar refractivity (Wildman–Crippen MR) is 67.1 cm³/mol. The zero-order valence-corrected chi connectivity index (χ0v) is 10.3. The molecule has 0 aliphatic heterocycles. The van der Waals surface area contributed by atoms with Crippen molar-refractivity contribution in [2.45, 2.75) is 6.61 Å². The van der Waals surface area contributed by atoms with E-state index in [1.165, 1.54) is 14.2 Å². The van der Waals surface area contributed by atoms with Crippen molar-refractivity contribution in [2.24, 2.45) is 0 Å². The van der Waals surface area contributed by atoms with Gasteiger partial charge in [0.15, 0.2) is 0 Å². The van der Waals surface area contributed by atoms with Crippen molar-refractivity contribution in [1.29, 1.82) is 0 Å². The summed E-state index contributed by atoms with van der Waals surface area (Å²) in [6.07, 6.45) is 0. The smallest absolute Gasteiger partial charge is 0.337 e. The second kappa shape index (κ2) is 5.62. The highest BCUT2D eigenvalue weighted by atomic mass is 17.2. The van der Waals surface area contributed by atoms with E-state index >= 15 is 0 Å². The van der Waals surface area contributed by atoms with Crippen molar-refractivity contribution < 1.29 is 19.3 Å². The third-order valence-electron chi connectivity index (χ3n) is 2.67. The minimum atomic E-state index is -0.338. The first kappa shape index (κ1) is 12.5. The summed E-state index contributed by atoms with van der Waals surface area (Å²) in [6, 6.07) is 11.3. The zero-order valence-electron chi connectivity index (χ0n) is 10.3. The molecular formula is C14H14O4. The van der Waals surface area contributed by atoms with Crippen LogP contribution < -0.4 is 0 Å². The Morgan fingerprint density at radius 2 is 1.83 bits per heavy atom. The lowest BCUT2D eigenvalue weighted by Crippen LogP contribution is -2.00. The van der Waals surface area contributed by atoms with E-state index in [2.05, 4.69) is 4.89 Å². The molecular weight excluding hydrogens is 232 g/mol. The van der Waals surface area contributed by atoms with Crippen LogP contribution in [0.3, 0.4) is 0 Å². The van der Waals surface area contributed by atoms with Crippen LogP contribution in [-0.4, -0.2) is 20.2 Å². The molecule has 0 atom stereocenters. The van der Waals surface area contributed by atoms with Crippen LogP contribution in [0.25, 0.3) is 10.8 Å². The molecule has 0 aliphatic rings. The lowest BCUT2D eigenvalue weighted by Gasteiger charge is -2.05. The minimum Gasteiger partial charge on any atom is -0.465 e. The lowest BCUT2D eigenvalue weighted by atomic mass is 10.0. The maximum absolute atomic E-state index is 11.4. The average molecular weight is 246 g/mol. The molecule has 0 amide bonds. The Labute approximate surface area is 105 Å². The van der Waals surface area contributed by atoms with Crippen LogP contribution in [0.4, 0.5) is 0 Å². The fourth-order valence-electron chi connectivity index (χ4n) is 1.76. The fourth-order valence-corrected chi connectivity index (χ4v) is 1.76. The number of methoxy groups -OCH3 is 1. The highest BCUT2D eigenvalue weighted by Crippen LogP contribution is 2.19. The quantitative estimate of drug-likeness (QED) is 0.472. The zero-order chi connectivity index (χ0) is 13.0. The molecule has 0 bridgehead atoms. The number of fused-ring (bicyclic) bond motifs is 1. The van der Waals surface area contributed by atoms with Gasteiger partial charge in [0.1, 0.15) is 6.61 Å². The third kappa shape index (κ3) is 2.67. The van der Waals surface area contributed by atoms with Gasteiger partial charge in [-0.2, -0.15) is 0 Å². The van der Waals surface area contributed by atoms with Crippen LogP contribution in [0.1, 0.15) is 15.9 Å². The molecule has 0 saturated heterocycles. The first-order valence-electron chi connectivity index (χ1n) is 5.51. The molecule has 18 heavy (non-hydrogen) atoms. The van der Waals surface area contributed by atoms with Crippen LogP contribution in [0, 0.1) is 0 Å². The van der Waals surface area contributed by atoms with Crippen molar-refractivity contribution in [3.63, 3.8) is 0 Å². The lowest BCUT2D eigenvalue weighted by molar-refractivity contribution is -0.282. The standard InChI is InChI=1S/C14H14O4/c1-16-14(15)12-6-5-11-4-3-10(9-18-17-2)7-13(11)8-12/h3-8H,9H2,1-2H3. The van der Waals surface area contributed by atoms with E-state index in [0.29, 0.717) is 12.2 Å². The topological polar surface area (TPSA) is 44.8 Å². The van der Waals surface area contributed by atoms with E-state index in [1.54, 1.807) is 12.1 Å². The Hall–Kier alpha value is -1.91. The second-order valence-corrected chi connectivity index (χ2v) is 3.82. The highest BCUT2D eigenvalue weighted by Gasteiger charge is 2.06. The van der Waals surface area contributed by atoms with Gasteiger partial charge >= 0.3 is 5.97 Å². The number of carbonyl (C=O) groups is 1. The molecule has 94 valence electrons. The number of ether oxygens (including phenoxy) is 1. The molecule has 0 radical (unpaired) electrons. The molecule has 0 spiro atoms. The Bertz CT molecular complexity index is 563. The molecule has 2 aromatic rings. The monoisotopic (exact) mass is 246 g/mol. The van der Waals surface area contributed by atoms with Gasteiger partial charge in [-0.3, -0.25) is 0 Å². The van der Waals surface area contributed by atoms with Gasteiger partial charge in [0.05, 0.1) is 19.8 Å². The molecule has 0 aliphatic carbocycles. The maximum Gasteiger partial charge on any atom is 0.337 e. The summed E-state index contributed by atoms with van der Waals surface area (Å²) in [4.78, 5) is 20.9. The Balaban J connectivity index is 2.36. The van der Waals surface area contributed by atoms with Crippen molar-refractivity contribution in [3.8, 4) is 0 Å². The minimum absolute atomic E-state index is 0.338. The Kier molecular flexibility index (Phi) is 3.92. The van der Waals surface area contributed by atoms with E-state index in [9.17, 15) is 4.79 Å². The van der Waals surface area contributed by atoms with E-state index < -0.39 is 0 Å². The van der Waals surface area contributed by atoms with Gasteiger partial charge in [0.25, 0.3) is 0 Å². The van der Waals surface area contributed by atoms with Gasteiger partial charge in [-0.05, 0) is 34.5 Å². The third-order valence-corrected chi connectivity index (χ3v) is 2.67. The highest BCUT2D eigenvalue weighted by molar-refractivity contribution is 5.95. The van der Waals surface area contributed by atoms with Crippen LogP contribution in [0.5, 0.6) is 0 Å². The molecule has 0 aromatic heterocycles. The Morgan fingerprint density at radius 1 is 1.06 bits per heavy atom. The normalized spacial score (nSPS) is 10.6. The summed E-state index contributed by atoms with van der Waals surface area (Å²) in [5.41, 5.74) is 1.51. The van der Waals surface area contributed by atoms with E-state index in [4.69, 9.17) is 9.62 Å². The van der Waals surface area contributed by atoms with Crippen LogP contribution in [0.2, 0.25) is 0 Å². The van der Waals surface area contributed by atoms with Crippen LogP contribution in [-0.2, 0) is 21.1 Å². The maximum atomic E-state index is 11.4. The predicted octanol–water partition coefficient (Wildman–Crippen LogP) is 2.70. The largest absolute Gasteiger partial charge is 0.465 e. The number of benzene rings is 2. The van der Waals surface area contributed by atoms with Crippen molar-refractivity contribution in [3.05, 3.63) is 47.5 Å². The summed E-state index contributed by atoms with van der Waals surface area (Å²) in [5, 5.41) is 2.03. The fraction of sp³-hybridized carbons (Fsp3) is 0.214. The first-order chi connectivity index (χ1) is 8.74. The van der Waals surface area contributed by atoms with E-state index in [0.717, 1.165) is 16.3 Å². The van der Waals surface area contributed by atoms with E-state index in [1.807, 2.05) is 24.3 Å². The molecule has 0 unspecified atom stereocenters. The number of hydrogen-bond donors (Lipinski definition) is 0. The molecule has 0 N–H and O–H groups in total. The first-order valence-corrected chi connectivity index (χ1v) is 5.51. The molecule has 4 heteroatoms. The average Bonchev–Trinajstić information content (AvgIpc) is 2.43. The number of hydrogen-bond acceptors (Lipinski definition) is 4. The van der Waals surface area contributed by atoms with Crippen molar-refractivity contribution in [1.82, 2.24) is 0 Å².